The van der Waals surface area contributed by atoms with E-state index in [1.165, 1.54) is 0 Å². The van der Waals surface area contributed by atoms with Gasteiger partial charge in [0.05, 0.1) is 0 Å². The van der Waals surface area contributed by atoms with Crippen molar-refractivity contribution in [3.63, 3.8) is 0 Å². The van der Waals surface area contributed by atoms with Gasteiger partial charge in [-0.25, -0.2) is 9.97 Å². The molecule has 1 aliphatic rings. The van der Waals surface area contributed by atoms with Gasteiger partial charge in [-0.1, -0.05) is 0 Å². The van der Waals surface area contributed by atoms with Gasteiger partial charge in [-0.05, 0) is 19.8 Å². The molecular formula is C17H21N7O. The van der Waals surface area contributed by atoms with E-state index in [-0.39, 0.29) is 11.8 Å². The molecule has 4 rings (SSSR count). The van der Waals surface area contributed by atoms with Crippen LogP contribution in [0.1, 0.15) is 18.5 Å². The second kappa shape index (κ2) is 5.87. The molecule has 1 saturated heterocycles. The van der Waals surface area contributed by atoms with Crippen LogP contribution in [0.25, 0.3) is 17.2 Å². The number of imidazole rings is 1. The predicted octanol–water partition coefficient (Wildman–Crippen LogP) is 1.14. The van der Waals surface area contributed by atoms with Crippen LogP contribution in [0, 0.1) is 12.8 Å². The van der Waals surface area contributed by atoms with Gasteiger partial charge in [0, 0.05) is 56.3 Å². The molecule has 25 heavy (non-hydrogen) atoms. The molecule has 0 saturated carbocycles. The van der Waals surface area contributed by atoms with E-state index in [4.69, 9.17) is 10.8 Å². The number of rotatable bonds is 3. The Morgan fingerprint density at radius 3 is 2.68 bits per heavy atom. The third kappa shape index (κ3) is 2.73. The summed E-state index contributed by atoms with van der Waals surface area (Å²) in [6.45, 7) is 3.54. The highest BCUT2D eigenvalue weighted by molar-refractivity contribution is 5.77. The van der Waals surface area contributed by atoms with Gasteiger partial charge in [-0.15, -0.1) is 0 Å². The topological polar surface area (TPSA) is 94.3 Å². The van der Waals surface area contributed by atoms with Crippen LogP contribution in [-0.4, -0.2) is 43.1 Å². The highest BCUT2D eigenvalue weighted by Gasteiger charge is 2.25. The van der Waals surface area contributed by atoms with Crippen molar-refractivity contribution in [2.24, 2.45) is 18.7 Å². The predicted molar refractivity (Wildman–Crippen MR) is 94.1 cm³/mol. The first kappa shape index (κ1) is 15.6. The SMILES string of the molecule is Cc1cc(N2CCC(C(N)=O)CC2)n2nc(-c3nccn3C)cc2n1. The maximum absolute atomic E-state index is 11.4. The van der Waals surface area contributed by atoms with E-state index >= 15 is 0 Å². The molecule has 1 aliphatic heterocycles. The Labute approximate surface area is 145 Å². The highest BCUT2D eigenvalue weighted by Crippen LogP contribution is 2.26. The normalized spacial score (nSPS) is 15.8. The molecule has 1 amide bonds. The van der Waals surface area contributed by atoms with Gasteiger partial charge in [0.25, 0.3) is 0 Å². The smallest absolute Gasteiger partial charge is 0.220 e. The fraction of sp³-hybridized carbons (Fsp3) is 0.412. The molecule has 4 heterocycles. The molecule has 0 aliphatic carbocycles. The van der Waals surface area contributed by atoms with Crippen LogP contribution in [0.5, 0.6) is 0 Å². The minimum Gasteiger partial charge on any atom is -0.369 e. The van der Waals surface area contributed by atoms with E-state index in [0.29, 0.717) is 0 Å². The number of nitrogens with two attached hydrogens (primary N) is 1. The average Bonchev–Trinajstić information content (AvgIpc) is 3.19. The summed E-state index contributed by atoms with van der Waals surface area (Å²) >= 11 is 0. The molecule has 2 N–H and O–H groups in total. The quantitative estimate of drug-likeness (QED) is 0.772. The Bertz CT molecular complexity index is 934. The Morgan fingerprint density at radius 1 is 1.28 bits per heavy atom. The van der Waals surface area contributed by atoms with E-state index in [2.05, 4.69) is 14.9 Å². The number of carbonyl (C=O) groups excluding carboxylic acids is 1. The summed E-state index contributed by atoms with van der Waals surface area (Å²) in [5.74, 6) is 1.56. The summed E-state index contributed by atoms with van der Waals surface area (Å²) in [6.07, 6.45) is 5.19. The molecule has 3 aromatic heterocycles. The maximum Gasteiger partial charge on any atom is 0.220 e. The van der Waals surface area contributed by atoms with Crippen molar-refractivity contribution in [2.75, 3.05) is 18.0 Å². The third-order valence-corrected chi connectivity index (χ3v) is 4.81. The Kier molecular flexibility index (Phi) is 3.67. The minimum absolute atomic E-state index is 0.0320. The summed E-state index contributed by atoms with van der Waals surface area (Å²) < 4.78 is 3.80. The molecule has 1 fully saturated rings. The summed E-state index contributed by atoms with van der Waals surface area (Å²) in [5.41, 5.74) is 7.97. The first-order valence-electron chi connectivity index (χ1n) is 8.42. The minimum atomic E-state index is -0.202. The number of nitrogens with zero attached hydrogens (tertiary/aromatic N) is 6. The van der Waals surface area contributed by atoms with Crippen LogP contribution in [0.4, 0.5) is 5.82 Å². The fourth-order valence-electron chi connectivity index (χ4n) is 3.42. The second-order valence-corrected chi connectivity index (χ2v) is 6.58. The average molecular weight is 339 g/mol. The van der Waals surface area contributed by atoms with E-state index in [0.717, 1.165) is 54.6 Å². The number of aromatic nitrogens is 5. The van der Waals surface area contributed by atoms with Gasteiger partial charge >= 0.3 is 0 Å². The molecule has 0 radical (unpaired) electrons. The van der Waals surface area contributed by atoms with Crippen molar-refractivity contribution >= 4 is 17.4 Å². The fourth-order valence-corrected chi connectivity index (χ4v) is 3.42. The van der Waals surface area contributed by atoms with Crippen molar-refractivity contribution in [3.8, 4) is 11.5 Å². The zero-order valence-corrected chi connectivity index (χ0v) is 14.4. The van der Waals surface area contributed by atoms with Crippen molar-refractivity contribution in [1.29, 1.82) is 0 Å². The largest absolute Gasteiger partial charge is 0.369 e. The zero-order chi connectivity index (χ0) is 17.6. The lowest BCUT2D eigenvalue weighted by molar-refractivity contribution is -0.122. The molecule has 8 nitrogen and oxygen atoms in total. The number of piperidine rings is 1. The first-order chi connectivity index (χ1) is 12.0. The van der Waals surface area contributed by atoms with Gasteiger partial charge in [0.15, 0.2) is 11.5 Å². The van der Waals surface area contributed by atoms with Crippen molar-refractivity contribution in [3.05, 3.63) is 30.2 Å². The number of fused-ring (bicyclic) bond motifs is 1. The summed E-state index contributed by atoms with van der Waals surface area (Å²) in [4.78, 5) is 22.6. The number of carbonyl (C=O) groups is 1. The summed E-state index contributed by atoms with van der Waals surface area (Å²) in [6, 6.07) is 3.99. The monoisotopic (exact) mass is 339 g/mol. The lowest BCUT2D eigenvalue weighted by Crippen LogP contribution is -2.39. The molecule has 0 aromatic carbocycles. The molecule has 0 spiro atoms. The third-order valence-electron chi connectivity index (χ3n) is 4.81. The second-order valence-electron chi connectivity index (χ2n) is 6.58. The number of amides is 1. The van der Waals surface area contributed by atoms with Crippen molar-refractivity contribution in [1.82, 2.24) is 24.1 Å². The van der Waals surface area contributed by atoms with Gasteiger partial charge in [0.2, 0.25) is 5.91 Å². The molecular weight excluding hydrogens is 318 g/mol. The first-order valence-corrected chi connectivity index (χ1v) is 8.42. The number of anilines is 1. The van der Waals surface area contributed by atoms with Crippen LogP contribution in [-0.2, 0) is 11.8 Å². The molecule has 0 unspecified atom stereocenters. The number of hydrogen-bond donors (Lipinski definition) is 1. The molecule has 0 atom stereocenters. The van der Waals surface area contributed by atoms with Gasteiger partial charge in [0.1, 0.15) is 11.5 Å². The Hall–Kier alpha value is -2.90. The van der Waals surface area contributed by atoms with Crippen molar-refractivity contribution < 1.29 is 4.79 Å². The van der Waals surface area contributed by atoms with E-state index in [1.807, 2.05) is 41.4 Å². The lowest BCUT2D eigenvalue weighted by Gasteiger charge is -2.32. The molecule has 130 valence electrons. The number of hydrogen-bond acceptors (Lipinski definition) is 5. The highest BCUT2D eigenvalue weighted by atomic mass is 16.1. The van der Waals surface area contributed by atoms with E-state index in [9.17, 15) is 4.79 Å². The summed E-state index contributed by atoms with van der Waals surface area (Å²) in [5, 5.41) is 4.72. The van der Waals surface area contributed by atoms with Crippen LogP contribution in [0.3, 0.4) is 0 Å². The Morgan fingerprint density at radius 2 is 2.04 bits per heavy atom. The van der Waals surface area contributed by atoms with Gasteiger partial charge in [-0.2, -0.15) is 9.61 Å². The zero-order valence-electron chi connectivity index (χ0n) is 14.4. The molecule has 0 bridgehead atoms. The van der Waals surface area contributed by atoms with Gasteiger partial charge < -0.3 is 15.2 Å². The number of aryl methyl sites for hydroxylation is 2. The Balaban J connectivity index is 1.73. The van der Waals surface area contributed by atoms with Crippen LogP contribution >= 0.6 is 0 Å². The number of primary amides is 1. The van der Waals surface area contributed by atoms with E-state index in [1.54, 1.807) is 6.20 Å². The van der Waals surface area contributed by atoms with Crippen LogP contribution < -0.4 is 10.6 Å². The lowest BCUT2D eigenvalue weighted by atomic mass is 9.96. The summed E-state index contributed by atoms with van der Waals surface area (Å²) in [7, 11) is 1.94. The maximum atomic E-state index is 11.4. The molecule has 3 aromatic rings. The standard InChI is InChI=1S/C17H21N7O/c1-11-9-15(23-6-3-12(4-7-23)16(18)25)24-14(20-11)10-13(21-24)17-19-5-8-22(17)2/h5,8-10,12H,3-4,6-7H2,1-2H3,(H2,18,25). The van der Waals surface area contributed by atoms with E-state index < -0.39 is 0 Å². The van der Waals surface area contributed by atoms with Crippen LogP contribution in [0.15, 0.2) is 24.5 Å². The van der Waals surface area contributed by atoms with Crippen LogP contribution in [0.2, 0.25) is 0 Å². The van der Waals surface area contributed by atoms with Crippen molar-refractivity contribution in [2.45, 2.75) is 19.8 Å². The molecule has 8 heteroatoms. The van der Waals surface area contributed by atoms with Gasteiger partial charge in [-0.3, -0.25) is 4.79 Å².